The second kappa shape index (κ2) is 8.19. The number of hydrogen-bond donors (Lipinski definition) is 2. The average Bonchev–Trinajstić information content (AvgIpc) is 2.94. The predicted molar refractivity (Wildman–Crippen MR) is 127 cm³/mol. The molecule has 7 nitrogen and oxygen atoms in total. The van der Waals surface area contributed by atoms with Crippen molar-refractivity contribution in [2.45, 2.75) is 51.9 Å². The number of benzene rings is 2. The molecule has 0 radical (unpaired) electrons. The van der Waals surface area contributed by atoms with Gasteiger partial charge >= 0.3 is 7.12 Å². The number of nitrogens with two attached hydrogens (primary N) is 1. The largest absolute Gasteiger partial charge is 0.497 e. The maximum Gasteiger partial charge on any atom is 0.497 e. The number of aromatic nitrogens is 2. The van der Waals surface area contributed by atoms with E-state index in [9.17, 15) is 9.90 Å². The van der Waals surface area contributed by atoms with Crippen LogP contribution >= 0.6 is 11.6 Å². The van der Waals surface area contributed by atoms with E-state index in [2.05, 4.69) is 0 Å². The van der Waals surface area contributed by atoms with Gasteiger partial charge in [0.25, 0.3) is 5.56 Å². The van der Waals surface area contributed by atoms with Gasteiger partial charge in [-0.3, -0.25) is 9.36 Å². The maximum absolute atomic E-state index is 13.4. The SMILES string of the molecule is CC1(C)OB(c2cc3nc(CCO)n(Cc4ccc(Cl)cc4)c(=O)c3cc2N)OC1(C)C. The zero-order chi connectivity index (χ0) is 23.3. The van der Waals surface area contributed by atoms with E-state index in [0.29, 0.717) is 39.4 Å². The van der Waals surface area contributed by atoms with E-state index >= 15 is 0 Å². The molecule has 0 unspecified atom stereocenters. The molecule has 1 aromatic heterocycles. The molecular formula is C23H27BClN3O4. The Morgan fingerprint density at radius 1 is 1.12 bits per heavy atom. The number of aliphatic hydroxyl groups is 1. The van der Waals surface area contributed by atoms with Gasteiger partial charge in [0.15, 0.2) is 0 Å². The van der Waals surface area contributed by atoms with Crippen LogP contribution in [0.5, 0.6) is 0 Å². The molecule has 0 aliphatic carbocycles. The molecule has 9 heteroatoms. The van der Waals surface area contributed by atoms with Gasteiger partial charge in [-0.25, -0.2) is 4.98 Å². The Hall–Kier alpha value is -2.39. The topological polar surface area (TPSA) is 99.6 Å². The maximum atomic E-state index is 13.4. The van der Waals surface area contributed by atoms with Crippen LogP contribution < -0.4 is 16.8 Å². The van der Waals surface area contributed by atoms with Crippen molar-refractivity contribution in [1.82, 2.24) is 9.55 Å². The highest BCUT2D eigenvalue weighted by Gasteiger charge is 2.52. The van der Waals surface area contributed by atoms with Gasteiger partial charge in [0.2, 0.25) is 0 Å². The van der Waals surface area contributed by atoms with Crippen LogP contribution in [0, 0.1) is 0 Å². The molecule has 0 atom stereocenters. The Morgan fingerprint density at radius 3 is 2.34 bits per heavy atom. The first-order valence-corrected chi connectivity index (χ1v) is 10.9. The lowest BCUT2D eigenvalue weighted by atomic mass is 9.77. The fourth-order valence-electron chi connectivity index (χ4n) is 3.75. The number of nitrogens with zero attached hydrogens (tertiary/aromatic N) is 2. The van der Waals surface area contributed by atoms with Crippen molar-refractivity contribution in [2.24, 2.45) is 0 Å². The zero-order valence-electron chi connectivity index (χ0n) is 18.7. The summed E-state index contributed by atoms with van der Waals surface area (Å²) >= 11 is 5.98. The highest BCUT2D eigenvalue weighted by atomic mass is 35.5. The summed E-state index contributed by atoms with van der Waals surface area (Å²) in [5.41, 5.74) is 7.51. The summed E-state index contributed by atoms with van der Waals surface area (Å²) in [7, 11) is -0.663. The third-order valence-corrected chi connectivity index (χ3v) is 6.59. The second-order valence-electron chi connectivity index (χ2n) is 9.11. The lowest BCUT2D eigenvalue weighted by Gasteiger charge is -2.32. The van der Waals surface area contributed by atoms with Gasteiger partial charge in [-0.15, -0.1) is 0 Å². The molecule has 1 saturated heterocycles. The van der Waals surface area contributed by atoms with Crippen molar-refractivity contribution in [2.75, 3.05) is 12.3 Å². The molecule has 0 spiro atoms. The molecule has 0 amide bonds. The summed E-state index contributed by atoms with van der Waals surface area (Å²) in [5, 5.41) is 10.6. The molecule has 3 N–H and O–H groups in total. The normalized spacial score (nSPS) is 17.2. The number of aliphatic hydroxyl groups excluding tert-OH is 1. The Labute approximate surface area is 192 Å². The Kier molecular flexibility index (Phi) is 5.84. The van der Waals surface area contributed by atoms with Crippen molar-refractivity contribution >= 4 is 40.8 Å². The van der Waals surface area contributed by atoms with Crippen LogP contribution in [-0.2, 0) is 22.3 Å². The van der Waals surface area contributed by atoms with E-state index in [4.69, 9.17) is 31.6 Å². The molecule has 4 rings (SSSR count). The van der Waals surface area contributed by atoms with Gasteiger partial charge < -0.3 is 20.1 Å². The molecule has 2 heterocycles. The van der Waals surface area contributed by atoms with Crippen LogP contribution in [0.15, 0.2) is 41.2 Å². The lowest BCUT2D eigenvalue weighted by Crippen LogP contribution is -2.41. The summed E-state index contributed by atoms with van der Waals surface area (Å²) in [5.74, 6) is 0.490. The van der Waals surface area contributed by atoms with Crippen LogP contribution in [0.1, 0.15) is 39.1 Å². The summed E-state index contributed by atoms with van der Waals surface area (Å²) in [4.78, 5) is 18.1. The molecule has 3 aromatic rings. The quantitative estimate of drug-likeness (QED) is 0.453. The Bertz CT molecular complexity index is 1210. The van der Waals surface area contributed by atoms with Crippen molar-refractivity contribution in [1.29, 1.82) is 0 Å². The number of anilines is 1. The summed E-state index contributed by atoms with van der Waals surface area (Å²) in [6, 6.07) is 10.6. The highest BCUT2D eigenvalue weighted by Crippen LogP contribution is 2.37. The van der Waals surface area contributed by atoms with E-state index in [0.717, 1.165) is 5.56 Å². The van der Waals surface area contributed by atoms with Crippen LogP contribution in [0.25, 0.3) is 10.9 Å². The van der Waals surface area contributed by atoms with E-state index in [1.807, 2.05) is 39.8 Å². The number of hydrogen-bond acceptors (Lipinski definition) is 6. The van der Waals surface area contributed by atoms with E-state index < -0.39 is 18.3 Å². The van der Waals surface area contributed by atoms with E-state index in [1.54, 1.807) is 28.8 Å². The molecule has 1 aliphatic heterocycles. The molecule has 168 valence electrons. The molecular weight excluding hydrogens is 429 g/mol. The molecule has 2 aromatic carbocycles. The first-order valence-electron chi connectivity index (χ1n) is 10.6. The lowest BCUT2D eigenvalue weighted by molar-refractivity contribution is 0.00578. The van der Waals surface area contributed by atoms with Crippen molar-refractivity contribution in [3.05, 3.63) is 63.2 Å². The van der Waals surface area contributed by atoms with Crippen molar-refractivity contribution < 1.29 is 14.4 Å². The minimum Gasteiger partial charge on any atom is -0.399 e. The van der Waals surface area contributed by atoms with Crippen molar-refractivity contribution in [3.63, 3.8) is 0 Å². The van der Waals surface area contributed by atoms with E-state index in [1.165, 1.54) is 0 Å². The summed E-state index contributed by atoms with van der Waals surface area (Å²) < 4.78 is 13.8. The van der Waals surface area contributed by atoms with Gasteiger partial charge in [0.1, 0.15) is 5.82 Å². The third-order valence-electron chi connectivity index (χ3n) is 6.33. The number of fused-ring (bicyclic) bond motifs is 1. The smallest absolute Gasteiger partial charge is 0.399 e. The van der Waals surface area contributed by atoms with E-state index in [-0.39, 0.29) is 18.6 Å². The summed E-state index contributed by atoms with van der Waals surface area (Å²) in [6.45, 7) is 8.06. The number of rotatable bonds is 5. The van der Waals surface area contributed by atoms with Crippen LogP contribution in [0.2, 0.25) is 5.02 Å². The fraction of sp³-hybridized carbons (Fsp3) is 0.391. The highest BCUT2D eigenvalue weighted by molar-refractivity contribution is 6.64. The van der Waals surface area contributed by atoms with Crippen LogP contribution in [-0.4, -0.2) is 39.6 Å². The first kappa shape index (κ1) is 22.8. The van der Waals surface area contributed by atoms with Gasteiger partial charge in [-0.1, -0.05) is 23.7 Å². The molecule has 1 fully saturated rings. The van der Waals surface area contributed by atoms with Crippen molar-refractivity contribution in [3.8, 4) is 0 Å². The van der Waals surface area contributed by atoms with Gasteiger partial charge in [0, 0.05) is 22.6 Å². The molecule has 1 aliphatic rings. The van der Waals surface area contributed by atoms with Crippen LogP contribution in [0.4, 0.5) is 5.69 Å². The predicted octanol–water partition coefficient (Wildman–Crippen LogP) is 2.51. The molecule has 32 heavy (non-hydrogen) atoms. The minimum absolute atomic E-state index is 0.127. The standard InChI is InChI=1S/C23H27BClN3O4/c1-22(2)23(3,4)32-24(31-22)17-12-19-16(11-18(17)26)21(30)28(20(27-19)9-10-29)13-14-5-7-15(25)8-6-14/h5-8,11-12,29H,9-10,13,26H2,1-4H3. The Morgan fingerprint density at radius 2 is 1.75 bits per heavy atom. The number of nitrogen functional groups attached to an aromatic ring is 1. The second-order valence-corrected chi connectivity index (χ2v) is 9.54. The minimum atomic E-state index is -0.663. The monoisotopic (exact) mass is 455 g/mol. The van der Waals surface area contributed by atoms with Gasteiger partial charge in [-0.2, -0.15) is 0 Å². The first-order chi connectivity index (χ1) is 15.0. The molecule has 0 saturated carbocycles. The summed E-state index contributed by atoms with van der Waals surface area (Å²) in [6.07, 6.45) is 0.245. The average molecular weight is 456 g/mol. The van der Waals surface area contributed by atoms with Crippen LogP contribution in [0.3, 0.4) is 0 Å². The number of halogens is 1. The third kappa shape index (κ3) is 4.04. The molecule has 0 bridgehead atoms. The fourth-order valence-corrected chi connectivity index (χ4v) is 3.87. The van der Waals surface area contributed by atoms with Gasteiger partial charge in [0.05, 0.1) is 35.3 Å². The zero-order valence-corrected chi connectivity index (χ0v) is 19.4. The Balaban J connectivity index is 1.81. The van der Waals surface area contributed by atoms with Gasteiger partial charge in [-0.05, 0) is 57.5 Å².